The van der Waals surface area contributed by atoms with Crippen LogP contribution in [0.3, 0.4) is 0 Å². The van der Waals surface area contributed by atoms with Gasteiger partial charge in [0.05, 0.1) is 28.5 Å². The van der Waals surface area contributed by atoms with Crippen LogP contribution in [0, 0.1) is 11.7 Å². The van der Waals surface area contributed by atoms with Crippen LogP contribution in [0.5, 0.6) is 0 Å². The molecule has 0 saturated carbocycles. The van der Waals surface area contributed by atoms with Gasteiger partial charge < -0.3 is 9.80 Å². The Morgan fingerprint density at radius 1 is 0.974 bits per heavy atom. The number of aromatic nitrogens is 2. The van der Waals surface area contributed by atoms with Crippen molar-refractivity contribution in [3.8, 4) is 5.69 Å². The van der Waals surface area contributed by atoms with Gasteiger partial charge in [-0.15, -0.1) is 0 Å². The van der Waals surface area contributed by atoms with Crippen molar-refractivity contribution in [1.82, 2.24) is 19.4 Å². The average Bonchev–Trinajstić information content (AvgIpc) is 3.32. The van der Waals surface area contributed by atoms with Crippen LogP contribution in [0.25, 0.3) is 16.7 Å². The highest BCUT2D eigenvalue weighted by molar-refractivity contribution is 9.10. The number of hydrogen-bond acceptors (Lipinski definition) is 4. The number of halogens is 3. The highest BCUT2D eigenvalue weighted by atomic mass is 79.9. The zero-order valence-electron chi connectivity index (χ0n) is 21.6. The third kappa shape index (κ3) is 5.55. The zero-order chi connectivity index (χ0) is 26.9. The molecule has 202 valence electrons. The van der Waals surface area contributed by atoms with Crippen molar-refractivity contribution in [2.75, 3.05) is 44.2 Å². The maximum absolute atomic E-state index is 13.6. The summed E-state index contributed by atoms with van der Waals surface area (Å²) in [6.07, 6.45) is 1.90. The van der Waals surface area contributed by atoms with Gasteiger partial charge in [-0.1, -0.05) is 39.7 Å². The summed E-state index contributed by atoms with van der Waals surface area (Å²) in [6, 6.07) is 21.3. The number of imidazole rings is 1. The average molecular weight is 611 g/mol. The van der Waals surface area contributed by atoms with Crippen LogP contribution in [0.4, 0.5) is 10.1 Å². The number of amides is 1. The molecule has 39 heavy (non-hydrogen) atoms. The summed E-state index contributed by atoms with van der Waals surface area (Å²) in [4.78, 5) is 25.1. The van der Waals surface area contributed by atoms with Crippen LogP contribution in [-0.2, 0) is 11.3 Å². The number of carbonyl (C=O) groups excluding carboxylic acids is 1. The Kier molecular flexibility index (Phi) is 7.60. The minimum Gasteiger partial charge on any atom is -0.368 e. The van der Waals surface area contributed by atoms with Crippen molar-refractivity contribution in [3.05, 3.63) is 87.9 Å². The molecule has 2 aliphatic rings. The van der Waals surface area contributed by atoms with E-state index in [1.54, 1.807) is 12.1 Å². The number of piperidine rings is 1. The molecule has 2 aliphatic heterocycles. The Labute approximate surface area is 241 Å². The Hall–Kier alpha value is -2.94. The number of piperazine rings is 1. The lowest BCUT2D eigenvalue weighted by molar-refractivity contribution is -0.137. The fourth-order valence-corrected chi connectivity index (χ4v) is 6.23. The largest absolute Gasteiger partial charge is 0.368 e. The van der Waals surface area contributed by atoms with Gasteiger partial charge >= 0.3 is 0 Å². The van der Waals surface area contributed by atoms with Crippen molar-refractivity contribution >= 4 is 50.2 Å². The van der Waals surface area contributed by atoms with E-state index in [0.717, 1.165) is 58.6 Å². The first kappa shape index (κ1) is 26.3. The molecule has 4 aromatic rings. The topological polar surface area (TPSA) is 44.6 Å². The number of rotatable bonds is 5. The van der Waals surface area contributed by atoms with E-state index in [9.17, 15) is 9.18 Å². The van der Waals surface area contributed by atoms with Gasteiger partial charge in [0.15, 0.2) is 0 Å². The molecule has 1 aromatic heterocycles. The van der Waals surface area contributed by atoms with E-state index in [-0.39, 0.29) is 16.8 Å². The van der Waals surface area contributed by atoms with Crippen molar-refractivity contribution in [2.45, 2.75) is 19.4 Å². The van der Waals surface area contributed by atoms with Crippen molar-refractivity contribution < 1.29 is 9.18 Å². The first-order valence-corrected chi connectivity index (χ1v) is 14.6. The summed E-state index contributed by atoms with van der Waals surface area (Å²) in [5, 5.41) is 0.127. The summed E-state index contributed by atoms with van der Waals surface area (Å²) in [7, 11) is 0. The molecule has 6 rings (SSSR count). The fourth-order valence-electron chi connectivity index (χ4n) is 5.79. The van der Waals surface area contributed by atoms with E-state index >= 15 is 0 Å². The molecule has 0 radical (unpaired) electrons. The smallest absolute Gasteiger partial charge is 0.227 e. The second-order valence-corrected chi connectivity index (χ2v) is 11.6. The molecule has 0 N–H and O–H groups in total. The van der Waals surface area contributed by atoms with Gasteiger partial charge in [0.2, 0.25) is 5.91 Å². The lowest BCUT2D eigenvalue weighted by Gasteiger charge is -2.39. The molecule has 1 atom stereocenters. The van der Waals surface area contributed by atoms with Crippen molar-refractivity contribution in [2.24, 2.45) is 5.92 Å². The SMILES string of the molecule is O=C([C@@H]1CCCN(Cc2nc3ccccc3n2-c2ccc(Br)cc2)C1)N1CCN(c2ccc(F)c(Cl)c2)CC1. The van der Waals surface area contributed by atoms with Crippen LogP contribution in [-0.4, -0.2) is 64.5 Å². The van der Waals surface area contributed by atoms with Gasteiger partial charge in [0.1, 0.15) is 11.6 Å². The Balaban J connectivity index is 1.13. The first-order valence-electron chi connectivity index (χ1n) is 13.4. The maximum Gasteiger partial charge on any atom is 0.227 e. The third-order valence-electron chi connectivity index (χ3n) is 7.79. The van der Waals surface area contributed by atoms with Gasteiger partial charge in [-0.05, 0) is 74.0 Å². The fraction of sp³-hybridized carbons (Fsp3) is 0.333. The number of nitrogens with zero attached hydrogens (tertiary/aromatic N) is 5. The number of hydrogen-bond donors (Lipinski definition) is 0. The maximum atomic E-state index is 13.6. The second-order valence-electron chi connectivity index (χ2n) is 10.3. The molecular weight excluding hydrogens is 581 g/mol. The number of anilines is 1. The summed E-state index contributed by atoms with van der Waals surface area (Å²) in [5.41, 5.74) is 4.03. The van der Waals surface area contributed by atoms with E-state index in [4.69, 9.17) is 16.6 Å². The van der Waals surface area contributed by atoms with Crippen LogP contribution in [0.2, 0.25) is 5.02 Å². The van der Waals surface area contributed by atoms with Crippen LogP contribution in [0.15, 0.2) is 71.2 Å². The molecule has 1 amide bonds. The molecule has 0 unspecified atom stereocenters. The predicted octanol–water partition coefficient (Wildman–Crippen LogP) is 6.14. The standard InChI is InChI=1S/C30H30BrClFN5O/c31-22-7-9-23(10-8-22)38-28-6-2-1-5-27(28)34-29(38)20-35-13-3-4-21(19-35)30(39)37-16-14-36(15-17-37)24-11-12-26(33)25(32)18-24/h1-2,5-12,18,21H,3-4,13-17,19-20H2/t21-/m1/s1. The molecule has 0 bridgehead atoms. The highest BCUT2D eigenvalue weighted by Crippen LogP contribution is 2.28. The Morgan fingerprint density at radius 2 is 1.72 bits per heavy atom. The number of para-hydroxylation sites is 2. The lowest BCUT2D eigenvalue weighted by Crippen LogP contribution is -2.52. The van der Waals surface area contributed by atoms with Gasteiger partial charge in [-0.2, -0.15) is 0 Å². The van der Waals surface area contributed by atoms with Crippen LogP contribution >= 0.6 is 27.5 Å². The van der Waals surface area contributed by atoms with Gasteiger partial charge in [-0.3, -0.25) is 14.3 Å². The first-order chi connectivity index (χ1) is 19.0. The summed E-state index contributed by atoms with van der Waals surface area (Å²) in [6.45, 7) is 5.10. The summed E-state index contributed by atoms with van der Waals surface area (Å²) in [5.74, 6) is 0.788. The van der Waals surface area contributed by atoms with Gasteiger partial charge in [0, 0.05) is 48.6 Å². The second kappa shape index (κ2) is 11.3. The van der Waals surface area contributed by atoms with E-state index in [1.807, 2.05) is 29.2 Å². The summed E-state index contributed by atoms with van der Waals surface area (Å²) >= 11 is 9.52. The molecule has 6 nitrogen and oxygen atoms in total. The summed E-state index contributed by atoms with van der Waals surface area (Å²) < 4.78 is 16.8. The number of benzene rings is 3. The van der Waals surface area contributed by atoms with Crippen molar-refractivity contribution in [1.29, 1.82) is 0 Å². The Morgan fingerprint density at radius 3 is 2.49 bits per heavy atom. The minimum absolute atomic E-state index is 0.0175. The molecular formula is C30H30BrClFN5O. The number of likely N-dealkylation sites (tertiary alicyclic amines) is 1. The van der Waals surface area contributed by atoms with Gasteiger partial charge in [0.25, 0.3) is 0 Å². The number of fused-ring (bicyclic) bond motifs is 1. The molecule has 2 fully saturated rings. The monoisotopic (exact) mass is 609 g/mol. The van der Waals surface area contributed by atoms with Crippen molar-refractivity contribution in [3.63, 3.8) is 0 Å². The zero-order valence-corrected chi connectivity index (χ0v) is 23.9. The molecule has 3 heterocycles. The molecule has 0 spiro atoms. The molecule has 2 saturated heterocycles. The number of carbonyl (C=O) groups is 1. The molecule has 0 aliphatic carbocycles. The third-order valence-corrected chi connectivity index (χ3v) is 8.61. The lowest BCUT2D eigenvalue weighted by atomic mass is 9.96. The highest BCUT2D eigenvalue weighted by Gasteiger charge is 2.32. The van der Waals surface area contributed by atoms with E-state index in [2.05, 4.69) is 54.6 Å². The Bertz CT molecular complexity index is 1480. The minimum atomic E-state index is -0.413. The molecule has 3 aromatic carbocycles. The van der Waals surface area contributed by atoms with E-state index in [0.29, 0.717) is 32.7 Å². The predicted molar refractivity (Wildman–Crippen MR) is 157 cm³/mol. The molecule has 9 heteroatoms. The van der Waals surface area contributed by atoms with Gasteiger partial charge in [-0.25, -0.2) is 9.37 Å². The van der Waals surface area contributed by atoms with E-state index < -0.39 is 5.82 Å². The van der Waals surface area contributed by atoms with Crippen LogP contribution in [0.1, 0.15) is 18.7 Å². The van der Waals surface area contributed by atoms with Crippen LogP contribution < -0.4 is 4.90 Å². The normalized spacial score (nSPS) is 18.6. The quantitative estimate of drug-likeness (QED) is 0.272. The van der Waals surface area contributed by atoms with E-state index in [1.165, 1.54) is 6.07 Å².